The molecule has 142 valence electrons. The normalized spacial score (nSPS) is 15.3. The van der Waals surface area contributed by atoms with Crippen molar-refractivity contribution in [2.45, 2.75) is 38.1 Å². The Morgan fingerprint density at radius 2 is 2.04 bits per heavy atom. The number of hydrogen-bond donors (Lipinski definition) is 4. The Morgan fingerprint density at radius 1 is 1.11 bits per heavy atom. The summed E-state index contributed by atoms with van der Waals surface area (Å²) < 4.78 is 0. The molecule has 0 amide bonds. The van der Waals surface area contributed by atoms with Crippen LogP contribution in [-0.2, 0) is 0 Å². The van der Waals surface area contributed by atoms with Gasteiger partial charge in [-0.2, -0.15) is 10.1 Å². The summed E-state index contributed by atoms with van der Waals surface area (Å²) in [6.07, 6.45) is 7.50. The van der Waals surface area contributed by atoms with Gasteiger partial charge < -0.3 is 15.6 Å². The van der Waals surface area contributed by atoms with Crippen LogP contribution in [0.1, 0.15) is 49.4 Å². The van der Waals surface area contributed by atoms with Gasteiger partial charge in [0, 0.05) is 35.6 Å². The molecule has 0 spiro atoms. The summed E-state index contributed by atoms with van der Waals surface area (Å²) in [4.78, 5) is 12.2. The monoisotopic (exact) mass is 373 g/mol. The van der Waals surface area contributed by atoms with E-state index in [1.54, 1.807) is 6.20 Å². The molecule has 28 heavy (non-hydrogen) atoms. The molecule has 0 saturated heterocycles. The molecule has 7 heteroatoms. The first-order valence-electron chi connectivity index (χ1n) is 9.73. The summed E-state index contributed by atoms with van der Waals surface area (Å²) in [6, 6.07) is 12.5. The van der Waals surface area contributed by atoms with Crippen LogP contribution in [0.15, 0.2) is 48.8 Å². The summed E-state index contributed by atoms with van der Waals surface area (Å²) in [5.74, 6) is 2.72. The predicted octanol–water partition coefficient (Wildman–Crippen LogP) is 4.87. The minimum atomic E-state index is 0.0881. The first kappa shape index (κ1) is 16.8. The number of nitrogens with zero attached hydrogens (tertiary/aromatic N) is 3. The van der Waals surface area contributed by atoms with Crippen molar-refractivity contribution >= 4 is 28.5 Å². The van der Waals surface area contributed by atoms with E-state index in [9.17, 15) is 0 Å². The summed E-state index contributed by atoms with van der Waals surface area (Å²) in [5, 5.41) is 15.3. The van der Waals surface area contributed by atoms with Crippen molar-refractivity contribution in [3.8, 4) is 0 Å². The molecule has 1 aromatic carbocycles. The van der Waals surface area contributed by atoms with Gasteiger partial charge in [-0.05, 0) is 55.0 Å². The highest BCUT2D eigenvalue weighted by Crippen LogP contribution is 2.36. The second kappa shape index (κ2) is 6.99. The number of benzene rings is 1. The Bertz CT molecular complexity index is 1090. The molecule has 1 atom stereocenters. The van der Waals surface area contributed by atoms with Crippen LogP contribution in [-0.4, -0.2) is 25.1 Å². The molecule has 4 aromatic rings. The lowest BCUT2D eigenvalue weighted by Crippen LogP contribution is -2.10. The van der Waals surface area contributed by atoms with Gasteiger partial charge in [0.1, 0.15) is 5.82 Å². The molecular weight excluding hydrogens is 350 g/mol. The SMILES string of the molecule is C[C@H](Nc1nccc(Nc2cc(C3CCC3)[nH]n2)n1)c1ccc2[nH]ccc2c1. The summed E-state index contributed by atoms with van der Waals surface area (Å²) >= 11 is 0. The molecule has 0 bridgehead atoms. The number of fused-ring (bicyclic) bond motifs is 1. The van der Waals surface area contributed by atoms with Crippen LogP contribution in [0.25, 0.3) is 10.9 Å². The Kier molecular flexibility index (Phi) is 4.20. The zero-order chi connectivity index (χ0) is 18.9. The van der Waals surface area contributed by atoms with Crippen molar-refractivity contribution in [1.82, 2.24) is 25.1 Å². The third-order valence-electron chi connectivity index (χ3n) is 5.48. The van der Waals surface area contributed by atoms with Crippen LogP contribution in [0, 0.1) is 0 Å². The molecule has 3 aromatic heterocycles. The standard InChI is InChI=1S/C21H23N7/c1-13(15-5-6-17-16(11-15)7-9-22-17)24-21-23-10-8-19(26-21)25-20-12-18(27-28-20)14-3-2-4-14/h5-14,22H,2-4H2,1H3,(H3,23,24,25,26,27,28)/t13-/m0/s1. The molecule has 7 nitrogen and oxygen atoms in total. The molecule has 1 saturated carbocycles. The van der Waals surface area contributed by atoms with Gasteiger partial charge in [0.2, 0.25) is 5.95 Å². The molecule has 4 N–H and O–H groups in total. The maximum atomic E-state index is 4.58. The number of H-pyrrole nitrogens is 2. The fraction of sp³-hybridized carbons (Fsp3) is 0.286. The highest BCUT2D eigenvalue weighted by atomic mass is 15.2. The first-order valence-corrected chi connectivity index (χ1v) is 9.73. The highest BCUT2D eigenvalue weighted by molar-refractivity contribution is 5.80. The zero-order valence-corrected chi connectivity index (χ0v) is 15.7. The first-order chi connectivity index (χ1) is 13.7. The molecule has 0 unspecified atom stereocenters. The topological polar surface area (TPSA) is 94.3 Å². The van der Waals surface area contributed by atoms with Gasteiger partial charge in [-0.1, -0.05) is 12.5 Å². The lowest BCUT2D eigenvalue weighted by molar-refractivity contribution is 0.410. The third-order valence-corrected chi connectivity index (χ3v) is 5.48. The zero-order valence-electron chi connectivity index (χ0n) is 15.7. The largest absolute Gasteiger partial charge is 0.361 e. The summed E-state index contributed by atoms with van der Waals surface area (Å²) in [6.45, 7) is 2.11. The highest BCUT2D eigenvalue weighted by Gasteiger charge is 2.21. The number of hydrogen-bond acceptors (Lipinski definition) is 5. The van der Waals surface area contributed by atoms with E-state index >= 15 is 0 Å². The van der Waals surface area contributed by atoms with E-state index < -0.39 is 0 Å². The Balaban J connectivity index is 1.28. The van der Waals surface area contributed by atoms with Crippen molar-refractivity contribution in [2.75, 3.05) is 10.6 Å². The van der Waals surface area contributed by atoms with Gasteiger partial charge in [0.15, 0.2) is 5.82 Å². The van der Waals surface area contributed by atoms with Crippen LogP contribution >= 0.6 is 0 Å². The van der Waals surface area contributed by atoms with Crippen LogP contribution in [0.2, 0.25) is 0 Å². The maximum Gasteiger partial charge on any atom is 0.225 e. The molecule has 0 aliphatic heterocycles. The molecule has 1 aliphatic rings. The summed E-state index contributed by atoms with van der Waals surface area (Å²) in [7, 11) is 0. The van der Waals surface area contributed by atoms with Crippen LogP contribution in [0.4, 0.5) is 17.6 Å². The minimum absolute atomic E-state index is 0.0881. The average Bonchev–Trinajstić information content (AvgIpc) is 3.29. The maximum absolute atomic E-state index is 4.58. The summed E-state index contributed by atoms with van der Waals surface area (Å²) in [5.41, 5.74) is 3.53. The van der Waals surface area contributed by atoms with E-state index in [2.05, 4.69) is 73.0 Å². The number of aromatic amines is 2. The molecule has 1 aliphatic carbocycles. The fourth-order valence-electron chi connectivity index (χ4n) is 3.58. The van der Waals surface area contributed by atoms with Gasteiger partial charge in [0.05, 0.1) is 6.04 Å². The predicted molar refractivity (Wildman–Crippen MR) is 111 cm³/mol. The quantitative estimate of drug-likeness (QED) is 0.387. The number of nitrogens with one attached hydrogen (secondary N) is 4. The van der Waals surface area contributed by atoms with E-state index in [0.717, 1.165) is 17.2 Å². The van der Waals surface area contributed by atoms with E-state index in [1.807, 2.05) is 12.3 Å². The van der Waals surface area contributed by atoms with Gasteiger partial charge in [-0.15, -0.1) is 0 Å². The third kappa shape index (κ3) is 3.31. The lowest BCUT2D eigenvalue weighted by Gasteiger charge is -2.23. The van der Waals surface area contributed by atoms with Crippen LogP contribution < -0.4 is 10.6 Å². The van der Waals surface area contributed by atoms with E-state index in [-0.39, 0.29) is 6.04 Å². The average molecular weight is 373 g/mol. The van der Waals surface area contributed by atoms with Gasteiger partial charge in [-0.25, -0.2) is 4.98 Å². The van der Waals surface area contributed by atoms with Crippen molar-refractivity contribution in [2.24, 2.45) is 0 Å². The van der Waals surface area contributed by atoms with Crippen molar-refractivity contribution in [3.05, 3.63) is 60.0 Å². The van der Waals surface area contributed by atoms with Crippen molar-refractivity contribution in [3.63, 3.8) is 0 Å². The van der Waals surface area contributed by atoms with Gasteiger partial charge in [0.25, 0.3) is 0 Å². The number of rotatable bonds is 6. The van der Waals surface area contributed by atoms with E-state index in [4.69, 9.17) is 0 Å². The molecule has 3 heterocycles. The molecular formula is C21H23N7. The lowest BCUT2D eigenvalue weighted by atomic mass is 9.83. The van der Waals surface area contributed by atoms with E-state index in [0.29, 0.717) is 11.9 Å². The van der Waals surface area contributed by atoms with E-state index in [1.165, 1.54) is 35.9 Å². The van der Waals surface area contributed by atoms with Crippen LogP contribution in [0.5, 0.6) is 0 Å². The molecule has 5 rings (SSSR count). The molecule has 0 radical (unpaired) electrons. The van der Waals surface area contributed by atoms with Crippen molar-refractivity contribution < 1.29 is 0 Å². The fourth-order valence-corrected chi connectivity index (χ4v) is 3.58. The molecule has 1 fully saturated rings. The Labute approximate surface area is 163 Å². The number of aromatic nitrogens is 5. The smallest absolute Gasteiger partial charge is 0.225 e. The Hall–Kier alpha value is -3.35. The number of anilines is 3. The Morgan fingerprint density at radius 3 is 2.89 bits per heavy atom. The second-order valence-corrected chi connectivity index (χ2v) is 7.42. The van der Waals surface area contributed by atoms with Crippen LogP contribution in [0.3, 0.4) is 0 Å². The van der Waals surface area contributed by atoms with Gasteiger partial charge >= 0.3 is 0 Å². The minimum Gasteiger partial charge on any atom is -0.361 e. The van der Waals surface area contributed by atoms with Gasteiger partial charge in [-0.3, -0.25) is 5.10 Å². The second-order valence-electron chi connectivity index (χ2n) is 7.42. The van der Waals surface area contributed by atoms with Crippen molar-refractivity contribution in [1.29, 1.82) is 0 Å².